The molecule has 4 rings (SSSR count). The SMILES string of the molecule is Cc1cnc(N2CCC(ON=C3CCC(c4cc(F)c(NC(=O)N(C)C)cc4F)CC3)CC2)nc1. The van der Waals surface area contributed by atoms with Gasteiger partial charge in [0.2, 0.25) is 5.95 Å². The second kappa shape index (κ2) is 11.0. The van der Waals surface area contributed by atoms with E-state index in [0.29, 0.717) is 31.2 Å². The number of carbonyl (C=O) groups excluding carboxylic acids is 1. The Kier molecular flexibility index (Phi) is 7.77. The van der Waals surface area contributed by atoms with Crippen LogP contribution in [0, 0.1) is 18.6 Å². The van der Waals surface area contributed by atoms with E-state index >= 15 is 0 Å². The van der Waals surface area contributed by atoms with Crippen LogP contribution >= 0.6 is 0 Å². The van der Waals surface area contributed by atoms with E-state index in [2.05, 4.69) is 25.3 Å². The van der Waals surface area contributed by atoms with Crippen LogP contribution in [-0.2, 0) is 4.84 Å². The van der Waals surface area contributed by atoms with Crippen molar-refractivity contribution in [2.24, 2.45) is 5.16 Å². The van der Waals surface area contributed by atoms with Crippen LogP contribution in [-0.4, -0.2) is 59.9 Å². The monoisotopic (exact) mass is 486 g/mol. The number of benzene rings is 1. The van der Waals surface area contributed by atoms with Gasteiger partial charge in [0.1, 0.15) is 17.7 Å². The smallest absolute Gasteiger partial charge is 0.321 e. The van der Waals surface area contributed by atoms with E-state index in [9.17, 15) is 13.6 Å². The van der Waals surface area contributed by atoms with Gasteiger partial charge < -0.3 is 20.0 Å². The number of oxime groups is 1. The molecule has 0 bridgehead atoms. The molecule has 35 heavy (non-hydrogen) atoms. The molecule has 0 atom stereocenters. The Hall–Kier alpha value is -3.30. The second-order valence-corrected chi connectivity index (χ2v) is 9.46. The van der Waals surface area contributed by atoms with Gasteiger partial charge in [-0.25, -0.2) is 23.5 Å². The number of carbonyl (C=O) groups is 1. The van der Waals surface area contributed by atoms with E-state index in [-0.39, 0.29) is 17.7 Å². The Morgan fingerprint density at radius 2 is 1.74 bits per heavy atom. The number of aromatic nitrogens is 2. The molecule has 2 heterocycles. The summed E-state index contributed by atoms with van der Waals surface area (Å²) >= 11 is 0. The lowest BCUT2D eigenvalue weighted by Gasteiger charge is -2.31. The summed E-state index contributed by atoms with van der Waals surface area (Å²) in [6, 6.07) is 1.76. The highest BCUT2D eigenvalue weighted by Crippen LogP contribution is 2.35. The van der Waals surface area contributed by atoms with Crippen LogP contribution in [0.15, 0.2) is 29.7 Å². The molecule has 10 heteroatoms. The number of nitrogens with zero attached hydrogens (tertiary/aromatic N) is 5. The van der Waals surface area contributed by atoms with Crippen molar-refractivity contribution in [1.82, 2.24) is 14.9 Å². The molecular formula is C25H32F2N6O2. The third-order valence-corrected chi connectivity index (χ3v) is 6.56. The van der Waals surface area contributed by atoms with E-state index < -0.39 is 17.7 Å². The predicted octanol–water partition coefficient (Wildman–Crippen LogP) is 4.86. The van der Waals surface area contributed by atoms with Crippen LogP contribution in [0.1, 0.15) is 55.6 Å². The molecule has 0 radical (unpaired) electrons. The predicted molar refractivity (Wildman–Crippen MR) is 131 cm³/mol. The molecular weight excluding hydrogens is 454 g/mol. The summed E-state index contributed by atoms with van der Waals surface area (Å²) in [7, 11) is 3.07. The summed E-state index contributed by atoms with van der Waals surface area (Å²) in [5.74, 6) is -0.497. The molecule has 1 aromatic carbocycles. The number of hydrogen-bond donors (Lipinski definition) is 1. The van der Waals surface area contributed by atoms with Crippen LogP contribution < -0.4 is 10.2 Å². The Morgan fingerprint density at radius 3 is 2.37 bits per heavy atom. The number of nitrogens with one attached hydrogen (secondary N) is 1. The van der Waals surface area contributed by atoms with Crippen LogP contribution in [0.25, 0.3) is 0 Å². The number of hydrogen-bond acceptors (Lipinski definition) is 6. The first-order valence-corrected chi connectivity index (χ1v) is 12.0. The molecule has 0 unspecified atom stereocenters. The van der Waals surface area contributed by atoms with Gasteiger partial charge in [-0.05, 0) is 55.7 Å². The van der Waals surface area contributed by atoms with E-state index in [1.807, 2.05) is 19.3 Å². The van der Waals surface area contributed by atoms with Crippen molar-refractivity contribution >= 4 is 23.4 Å². The average Bonchev–Trinajstić information content (AvgIpc) is 2.86. The number of halogens is 2. The molecule has 1 aliphatic heterocycles. The van der Waals surface area contributed by atoms with Crippen molar-refractivity contribution in [2.45, 2.75) is 57.5 Å². The molecule has 2 aromatic rings. The highest BCUT2D eigenvalue weighted by molar-refractivity contribution is 5.89. The summed E-state index contributed by atoms with van der Waals surface area (Å²) in [6.45, 7) is 3.60. The van der Waals surface area contributed by atoms with Gasteiger partial charge in [0.05, 0.1) is 11.4 Å². The molecule has 1 aliphatic carbocycles. The molecule has 1 saturated carbocycles. The van der Waals surface area contributed by atoms with Gasteiger partial charge in [0.25, 0.3) is 0 Å². The van der Waals surface area contributed by atoms with Gasteiger partial charge in [-0.3, -0.25) is 0 Å². The minimum absolute atomic E-state index is 0.0541. The van der Waals surface area contributed by atoms with E-state index in [1.54, 1.807) is 0 Å². The first kappa shape index (κ1) is 24.8. The molecule has 2 fully saturated rings. The summed E-state index contributed by atoms with van der Waals surface area (Å²) in [6.07, 6.45) is 8.10. The van der Waals surface area contributed by atoms with Crippen molar-refractivity contribution < 1.29 is 18.4 Å². The zero-order valence-electron chi connectivity index (χ0n) is 20.4. The van der Waals surface area contributed by atoms with Crippen LogP contribution in [0.5, 0.6) is 0 Å². The Bertz CT molecular complexity index is 1060. The maximum atomic E-state index is 14.7. The van der Waals surface area contributed by atoms with Crippen LogP contribution in [0.2, 0.25) is 0 Å². The largest absolute Gasteiger partial charge is 0.392 e. The third-order valence-electron chi connectivity index (χ3n) is 6.56. The maximum Gasteiger partial charge on any atom is 0.321 e. The molecule has 1 N–H and O–H groups in total. The summed E-state index contributed by atoms with van der Waals surface area (Å²) in [4.78, 5) is 29.8. The molecule has 2 aliphatic rings. The van der Waals surface area contributed by atoms with Crippen LogP contribution in [0.3, 0.4) is 0 Å². The Balaban J connectivity index is 1.26. The maximum absolute atomic E-state index is 14.7. The van der Waals surface area contributed by atoms with Gasteiger partial charge >= 0.3 is 6.03 Å². The van der Waals surface area contributed by atoms with Crippen molar-refractivity contribution in [2.75, 3.05) is 37.4 Å². The normalized spacial score (nSPS) is 18.8. The van der Waals surface area contributed by atoms with Crippen LogP contribution in [0.4, 0.5) is 25.2 Å². The lowest BCUT2D eigenvalue weighted by atomic mass is 9.83. The minimum Gasteiger partial charge on any atom is -0.392 e. The Labute approximate surface area is 204 Å². The summed E-state index contributed by atoms with van der Waals surface area (Å²) in [5, 5.41) is 6.77. The highest BCUT2D eigenvalue weighted by Gasteiger charge is 2.26. The number of amides is 2. The number of piperidine rings is 1. The molecule has 188 valence electrons. The molecule has 1 aromatic heterocycles. The Morgan fingerprint density at radius 1 is 1.09 bits per heavy atom. The lowest BCUT2D eigenvalue weighted by Crippen LogP contribution is -2.37. The molecule has 2 amide bonds. The standard InChI is InChI=1S/C25H32F2N6O2/c1-16-14-28-24(29-15-16)33-10-8-19(9-11-33)35-31-18-6-4-17(5-7-18)20-12-22(27)23(13-21(20)26)30-25(34)32(2)3/h12-15,17,19H,4-11H2,1-3H3,(H,30,34). The van der Waals surface area contributed by atoms with Crippen molar-refractivity contribution in [3.63, 3.8) is 0 Å². The van der Waals surface area contributed by atoms with Crippen molar-refractivity contribution in [1.29, 1.82) is 0 Å². The van der Waals surface area contributed by atoms with E-state index in [0.717, 1.165) is 49.2 Å². The average molecular weight is 487 g/mol. The quantitative estimate of drug-likeness (QED) is 0.611. The van der Waals surface area contributed by atoms with E-state index in [4.69, 9.17) is 4.84 Å². The fourth-order valence-electron chi connectivity index (χ4n) is 4.41. The fourth-order valence-corrected chi connectivity index (χ4v) is 4.41. The molecule has 1 saturated heterocycles. The fraction of sp³-hybridized carbons (Fsp3) is 0.520. The zero-order valence-corrected chi connectivity index (χ0v) is 20.4. The topological polar surface area (TPSA) is 82.9 Å². The lowest BCUT2D eigenvalue weighted by molar-refractivity contribution is 0.0406. The third kappa shape index (κ3) is 6.23. The van der Waals surface area contributed by atoms with Gasteiger partial charge in [-0.1, -0.05) is 5.16 Å². The number of aryl methyl sites for hydroxylation is 1. The zero-order chi connectivity index (χ0) is 24.9. The first-order chi connectivity index (χ1) is 16.8. The molecule has 8 nitrogen and oxygen atoms in total. The van der Waals surface area contributed by atoms with Gasteiger partial charge in [-0.15, -0.1) is 0 Å². The highest BCUT2D eigenvalue weighted by atomic mass is 19.1. The van der Waals surface area contributed by atoms with Crippen molar-refractivity contribution in [3.05, 3.63) is 47.3 Å². The van der Waals surface area contributed by atoms with Gasteiger partial charge in [0.15, 0.2) is 0 Å². The van der Waals surface area contributed by atoms with Gasteiger partial charge in [0, 0.05) is 58.5 Å². The second-order valence-electron chi connectivity index (χ2n) is 9.46. The van der Waals surface area contributed by atoms with E-state index in [1.165, 1.54) is 25.1 Å². The molecule has 0 spiro atoms. The van der Waals surface area contributed by atoms with Gasteiger partial charge in [-0.2, -0.15) is 0 Å². The minimum atomic E-state index is -0.637. The summed E-state index contributed by atoms with van der Waals surface area (Å²) in [5.41, 5.74) is 2.18. The number of rotatable bonds is 5. The first-order valence-electron chi connectivity index (χ1n) is 12.0. The van der Waals surface area contributed by atoms with Crippen molar-refractivity contribution in [3.8, 4) is 0 Å². The number of urea groups is 1. The number of anilines is 2. The summed E-state index contributed by atoms with van der Waals surface area (Å²) < 4.78 is 29.2.